The topological polar surface area (TPSA) is 21.3 Å². The van der Waals surface area contributed by atoms with E-state index < -0.39 is 0 Å². The molecule has 2 nitrogen and oxygen atoms in total. The van der Waals surface area contributed by atoms with Gasteiger partial charge in [0, 0.05) is 11.6 Å². The van der Waals surface area contributed by atoms with Gasteiger partial charge in [-0.3, -0.25) is 0 Å². The molecule has 1 atom stereocenters. The molecular formula is C17H29NO. The lowest BCUT2D eigenvalue weighted by molar-refractivity contribution is 0.309. The molecule has 19 heavy (non-hydrogen) atoms. The van der Waals surface area contributed by atoms with Crippen LogP contribution in [0.2, 0.25) is 0 Å². The van der Waals surface area contributed by atoms with Crippen LogP contribution in [0.4, 0.5) is 0 Å². The van der Waals surface area contributed by atoms with Crippen molar-refractivity contribution in [3.63, 3.8) is 0 Å². The molecule has 0 aliphatic heterocycles. The first-order valence-electron chi connectivity index (χ1n) is 7.72. The molecule has 108 valence electrons. The first-order valence-corrected chi connectivity index (χ1v) is 7.72. The van der Waals surface area contributed by atoms with E-state index in [1.165, 1.54) is 37.7 Å². The molecule has 0 spiro atoms. The Morgan fingerprint density at radius 3 is 2.53 bits per heavy atom. The van der Waals surface area contributed by atoms with E-state index in [1.54, 1.807) is 0 Å². The maximum absolute atomic E-state index is 5.86. The number of rotatable bonds is 10. The molecule has 0 heterocycles. The molecule has 0 aliphatic carbocycles. The fraction of sp³-hybridized carbons (Fsp3) is 0.647. The number of unbranched alkanes of at least 4 members (excludes halogenated alkanes) is 3. The van der Waals surface area contributed by atoms with Crippen LogP contribution < -0.4 is 10.1 Å². The minimum Gasteiger partial charge on any atom is -0.493 e. The summed E-state index contributed by atoms with van der Waals surface area (Å²) in [6.07, 6.45) is 7.47. The summed E-state index contributed by atoms with van der Waals surface area (Å²) in [5, 5.41) is 3.43. The monoisotopic (exact) mass is 263 g/mol. The summed E-state index contributed by atoms with van der Waals surface area (Å²) in [6.45, 7) is 5.19. The second-order valence-electron chi connectivity index (χ2n) is 5.08. The average molecular weight is 263 g/mol. The van der Waals surface area contributed by atoms with Gasteiger partial charge in [0.2, 0.25) is 0 Å². The normalized spacial score (nSPS) is 12.4. The Morgan fingerprint density at radius 2 is 1.84 bits per heavy atom. The van der Waals surface area contributed by atoms with E-state index in [-0.39, 0.29) is 0 Å². The summed E-state index contributed by atoms with van der Waals surface area (Å²) >= 11 is 0. The largest absolute Gasteiger partial charge is 0.493 e. The highest BCUT2D eigenvalue weighted by Crippen LogP contribution is 2.28. The van der Waals surface area contributed by atoms with Gasteiger partial charge in [0.25, 0.3) is 0 Å². The lowest BCUT2D eigenvalue weighted by Gasteiger charge is -2.20. The van der Waals surface area contributed by atoms with Crippen molar-refractivity contribution in [1.82, 2.24) is 5.32 Å². The van der Waals surface area contributed by atoms with Gasteiger partial charge in [-0.1, -0.05) is 57.7 Å². The van der Waals surface area contributed by atoms with E-state index in [0.717, 1.165) is 18.8 Å². The first-order chi connectivity index (χ1) is 9.33. The van der Waals surface area contributed by atoms with Crippen LogP contribution in [0.25, 0.3) is 0 Å². The maximum atomic E-state index is 5.86. The highest BCUT2D eigenvalue weighted by molar-refractivity contribution is 5.35. The van der Waals surface area contributed by atoms with Crippen LogP contribution in [0.5, 0.6) is 5.75 Å². The molecule has 2 heteroatoms. The van der Waals surface area contributed by atoms with Crippen molar-refractivity contribution in [1.29, 1.82) is 0 Å². The zero-order chi connectivity index (χ0) is 13.9. The van der Waals surface area contributed by atoms with Gasteiger partial charge in [-0.2, -0.15) is 0 Å². The van der Waals surface area contributed by atoms with Gasteiger partial charge >= 0.3 is 0 Å². The molecule has 0 aromatic heterocycles. The minimum absolute atomic E-state index is 0.407. The predicted molar refractivity (Wildman–Crippen MR) is 82.8 cm³/mol. The number of para-hydroxylation sites is 1. The van der Waals surface area contributed by atoms with Gasteiger partial charge in [-0.15, -0.1) is 0 Å². The SMILES string of the molecule is CCCCCCC(NC)c1ccccc1OCCC. The lowest BCUT2D eigenvalue weighted by Crippen LogP contribution is -2.17. The smallest absolute Gasteiger partial charge is 0.124 e. The lowest BCUT2D eigenvalue weighted by atomic mass is 9.99. The van der Waals surface area contributed by atoms with Gasteiger partial charge in [0.15, 0.2) is 0 Å². The number of benzene rings is 1. The molecule has 0 fully saturated rings. The fourth-order valence-corrected chi connectivity index (χ4v) is 2.34. The average Bonchev–Trinajstić information content (AvgIpc) is 2.46. The van der Waals surface area contributed by atoms with Crippen molar-refractivity contribution >= 4 is 0 Å². The minimum atomic E-state index is 0.407. The molecule has 1 rings (SSSR count). The molecule has 1 unspecified atom stereocenters. The fourth-order valence-electron chi connectivity index (χ4n) is 2.34. The Morgan fingerprint density at radius 1 is 1.05 bits per heavy atom. The van der Waals surface area contributed by atoms with Crippen LogP contribution in [0.3, 0.4) is 0 Å². The van der Waals surface area contributed by atoms with Crippen molar-refractivity contribution in [2.75, 3.05) is 13.7 Å². The molecule has 1 aromatic carbocycles. The van der Waals surface area contributed by atoms with Gasteiger partial charge in [-0.05, 0) is 26.0 Å². The summed E-state index contributed by atoms with van der Waals surface area (Å²) in [4.78, 5) is 0. The zero-order valence-corrected chi connectivity index (χ0v) is 12.7. The number of hydrogen-bond acceptors (Lipinski definition) is 2. The number of nitrogens with one attached hydrogen (secondary N) is 1. The van der Waals surface area contributed by atoms with Gasteiger partial charge in [0.1, 0.15) is 5.75 Å². The quantitative estimate of drug-likeness (QED) is 0.617. The third-order valence-electron chi connectivity index (χ3n) is 3.45. The van der Waals surface area contributed by atoms with Crippen molar-refractivity contribution in [2.24, 2.45) is 0 Å². The van der Waals surface area contributed by atoms with E-state index >= 15 is 0 Å². The Kier molecular flexibility index (Phi) is 8.31. The molecule has 0 aliphatic rings. The summed E-state index contributed by atoms with van der Waals surface area (Å²) in [6, 6.07) is 8.83. The van der Waals surface area contributed by atoms with Crippen molar-refractivity contribution in [2.45, 2.75) is 58.4 Å². The second kappa shape index (κ2) is 9.85. The van der Waals surface area contributed by atoms with Crippen LogP contribution in [0, 0.1) is 0 Å². The van der Waals surface area contributed by atoms with Crippen LogP contribution in [0.15, 0.2) is 24.3 Å². The van der Waals surface area contributed by atoms with Crippen molar-refractivity contribution in [3.8, 4) is 5.75 Å². The van der Waals surface area contributed by atoms with E-state index in [2.05, 4.69) is 43.4 Å². The van der Waals surface area contributed by atoms with Crippen LogP contribution >= 0.6 is 0 Å². The van der Waals surface area contributed by atoms with Gasteiger partial charge in [-0.25, -0.2) is 0 Å². The van der Waals surface area contributed by atoms with E-state index in [4.69, 9.17) is 4.74 Å². The van der Waals surface area contributed by atoms with Crippen LogP contribution in [-0.2, 0) is 0 Å². The Labute approximate surface area is 118 Å². The third-order valence-corrected chi connectivity index (χ3v) is 3.45. The number of hydrogen-bond donors (Lipinski definition) is 1. The van der Waals surface area contributed by atoms with Gasteiger partial charge < -0.3 is 10.1 Å². The zero-order valence-electron chi connectivity index (χ0n) is 12.7. The molecule has 1 aromatic rings. The highest BCUT2D eigenvalue weighted by atomic mass is 16.5. The van der Waals surface area contributed by atoms with Crippen LogP contribution in [-0.4, -0.2) is 13.7 Å². The van der Waals surface area contributed by atoms with E-state index in [0.29, 0.717) is 6.04 Å². The Hall–Kier alpha value is -1.02. The summed E-state index contributed by atoms with van der Waals surface area (Å²) < 4.78 is 5.86. The second-order valence-corrected chi connectivity index (χ2v) is 5.08. The molecule has 1 N–H and O–H groups in total. The molecule has 0 saturated carbocycles. The molecule has 0 amide bonds. The molecule has 0 bridgehead atoms. The maximum Gasteiger partial charge on any atom is 0.124 e. The Balaban J connectivity index is 2.62. The van der Waals surface area contributed by atoms with E-state index in [1.807, 2.05) is 7.05 Å². The molecular weight excluding hydrogens is 234 g/mol. The molecule has 0 radical (unpaired) electrons. The molecule has 0 saturated heterocycles. The predicted octanol–water partition coefficient (Wildman–Crippen LogP) is 4.71. The number of ether oxygens (including phenoxy) is 1. The van der Waals surface area contributed by atoms with Gasteiger partial charge in [0.05, 0.1) is 6.61 Å². The summed E-state index contributed by atoms with van der Waals surface area (Å²) in [7, 11) is 2.04. The van der Waals surface area contributed by atoms with Crippen molar-refractivity contribution < 1.29 is 4.74 Å². The summed E-state index contributed by atoms with van der Waals surface area (Å²) in [5.74, 6) is 1.04. The highest BCUT2D eigenvalue weighted by Gasteiger charge is 2.13. The Bertz CT molecular complexity index is 338. The standard InChI is InChI=1S/C17H29NO/c1-4-6-7-8-12-16(18-3)15-11-9-10-13-17(15)19-14-5-2/h9-11,13,16,18H,4-8,12,14H2,1-3H3. The van der Waals surface area contributed by atoms with Crippen LogP contribution in [0.1, 0.15) is 64.0 Å². The van der Waals surface area contributed by atoms with E-state index in [9.17, 15) is 0 Å². The van der Waals surface area contributed by atoms with Crippen molar-refractivity contribution in [3.05, 3.63) is 29.8 Å². The third kappa shape index (κ3) is 5.65. The first kappa shape index (κ1) is 16.0. The summed E-state index contributed by atoms with van der Waals surface area (Å²) in [5.41, 5.74) is 1.30.